The second kappa shape index (κ2) is 11.8. The van der Waals surface area contributed by atoms with E-state index in [1.807, 2.05) is 25.1 Å². The summed E-state index contributed by atoms with van der Waals surface area (Å²) in [5.74, 6) is -0.145. The van der Waals surface area contributed by atoms with Crippen molar-refractivity contribution in [3.05, 3.63) is 83.0 Å². The molecule has 1 aliphatic heterocycles. The van der Waals surface area contributed by atoms with Gasteiger partial charge < -0.3 is 20.5 Å². The minimum atomic E-state index is -4.49. The smallest absolute Gasteiger partial charge is 0.416 e. The SMILES string of the molecule is Cc1ccnc(NCCCOc2ccc3c(c2)N[C@](CC(=O)O)(Cc2ccc(C(F)(F)F)cc2)C(=O)CC3)c1. The van der Waals surface area contributed by atoms with E-state index in [1.165, 1.54) is 12.1 Å². The van der Waals surface area contributed by atoms with Gasteiger partial charge >= 0.3 is 12.1 Å². The highest BCUT2D eigenvalue weighted by molar-refractivity contribution is 5.96. The van der Waals surface area contributed by atoms with Gasteiger partial charge in [0.15, 0.2) is 5.78 Å². The zero-order valence-corrected chi connectivity index (χ0v) is 21.5. The number of rotatable bonds is 10. The highest BCUT2D eigenvalue weighted by atomic mass is 19.4. The molecule has 0 spiro atoms. The summed E-state index contributed by atoms with van der Waals surface area (Å²) in [6.45, 7) is 3.07. The van der Waals surface area contributed by atoms with E-state index in [9.17, 15) is 27.9 Å². The van der Waals surface area contributed by atoms with Crippen molar-refractivity contribution in [2.24, 2.45) is 0 Å². The predicted molar refractivity (Wildman–Crippen MR) is 141 cm³/mol. The molecule has 0 amide bonds. The fourth-order valence-corrected chi connectivity index (χ4v) is 4.67. The number of halogens is 3. The molecule has 3 aromatic rings. The molecule has 0 fully saturated rings. The molecule has 2 heterocycles. The highest BCUT2D eigenvalue weighted by Gasteiger charge is 2.42. The molecule has 4 rings (SSSR count). The number of hydrogen-bond acceptors (Lipinski definition) is 6. The number of benzene rings is 2. The van der Waals surface area contributed by atoms with Crippen molar-refractivity contribution < 1.29 is 32.6 Å². The number of aromatic nitrogens is 1. The van der Waals surface area contributed by atoms with Gasteiger partial charge in [-0.25, -0.2) is 4.98 Å². The second-order valence-electron chi connectivity index (χ2n) is 9.74. The van der Waals surface area contributed by atoms with Gasteiger partial charge in [-0.15, -0.1) is 0 Å². The zero-order valence-electron chi connectivity index (χ0n) is 21.5. The first kappa shape index (κ1) is 27.9. The Morgan fingerprint density at radius 1 is 1.13 bits per heavy atom. The first-order valence-corrected chi connectivity index (χ1v) is 12.7. The Morgan fingerprint density at radius 3 is 2.59 bits per heavy atom. The highest BCUT2D eigenvalue weighted by Crippen LogP contribution is 2.35. The lowest BCUT2D eigenvalue weighted by Crippen LogP contribution is -2.49. The lowest BCUT2D eigenvalue weighted by atomic mass is 9.82. The van der Waals surface area contributed by atoms with Crippen LogP contribution in [0.25, 0.3) is 0 Å². The van der Waals surface area contributed by atoms with Crippen LogP contribution < -0.4 is 15.4 Å². The molecule has 7 nitrogen and oxygen atoms in total. The molecule has 1 aliphatic rings. The van der Waals surface area contributed by atoms with Gasteiger partial charge in [0.05, 0.1) is 18.6 Å². The fraction of sp³-hybridized carbons (Fsp3) is 0.345. The summed E-state index contributed by atoms with van der Waals surface area (Å²) < 4.78 is 44.9. The van der Waals surface area contributed by atoms with E-state index in [0.717, 1.165) is 29.1 Å². The number of carbonyl (C=O) groups excluding carboxylic acids is 1. The standard InChI is InChI=1S/C29H30F3N3O4/c1-19-11-13-34-26(15-19)33-12-2-14-39-23-9-5-21-6-10-25(36)28(18-27(37)38,35-24(21)16-23)17-20-3-7-22(8-4-20)29(30,31)32/h3-5,7-9,11,13,15-16,35H,2,6,10,12,14,17-18H2,1H3,(H,33,34)(H,37,38)/t28-/m0/s1. The van der Waals surface area contributed by atoms with Crippen molar-refractivity contribution in [3.8, 4) is 5.75 Å². The monoisotopic (exact) mass is 541 g/mol. The number of carboxylic acid groups (broad SMARTS) is 1. The van der Waals surface area contributed by atoms with Crippen molar-refractivity contribution in [3.63, 3.8) is 0 Å². The van der Waals surface area contributed by atoms with Crippen molar-refractivity contribution in [1.29, 1.82) is 0 Å². The molecule has 0 aliphatic carbocycles. The van der Waals surface area contributed by atoms with Crippen LogP contribution >= 0.6 is 0 Å². The first-order valence-electron chi connectivity index (χ1n) is 12.7. The molecule has 3 N–H and O–H groups in total. The summed E-state index contributed by atoms with van der Waals surface area (Å²) in [4.78, 5) is 29.4. The van der Waals surface area contributed by atoms with Crippen LogP contribution in [0.15, 0.2) is 60.8 Å². The van der Waals surface area contributed by atoms with E-state index in [0.29, 0.717) is 43.0 Å². The van der Waals surface area contributed by atoms with Crippen LogP contribution in [0.5, 0.6) is 5.75 Å². The average molecular weight is 542 g/mol. The number of aliphatic carboxylic acids is 1. The average Bonchev–Trinajstić information content (AvgIpc) is 2.99. The number of carboxylic acids is 1. The topological polar surface area (TPSA) is 101 Å². The van der Waals surface area contributed by atoms with Gasteiger partial charge in [0.2, 0.25) is 0 Å². The third kappa shape index (κ3) is 7.28. The Labute approximate surface area is 224 Å². The number of aryl methyl sites for hydroxylation is 2. The van der Waals surface area contributed by atoms with Gasteiger partial charge in [-0.2, -0.15) is 13.2 Å². The molecule has 2 aromatic carbocycles. The second-order valence-corrected chi connectivity index (χ2v) is 9.74. The molecule has 0 saturated heterocycles. The number of fused-ring (bicyclic) bond motifs is 1. The lowest BCUT2D eigenvalue weighted by molar-refractivity contribution is -0.141. The van der Waals surface area contributed by atoms with Crippen molar-refractivity contribution in [2.75, 3.05) is 23.8 Å². The largest absolute Gasteiger partial charge is 0.493 e. The van der Waals surface area contributed by atoms with E-state index < -0.39 is 29.7 Å². The van der Waals surface area contributed by atoms with E-state index in [1.54, 1.807) is 18.3 Å². The molecular formula is C29H30F3N3O4. The Morgan fingerprint density at radius 2 is 1.90 bits per heavy atom. The number of Topliss-reactive ketones (excluding diaryl/α,β-unsaturated/α-hetero) is 1. The molecular weight excluding hydrogens is 511 g/mol. The molecule has 1 aromatic heterocycles. The summed E-state index contributed by atoms with van der Waals surface area (Å²) in [5.41, 5.74) is 0.626. The zero-order chi connectivity index (χ0) is 28.0. The maximum Gasteiger partial charge on any atom is 0.416 e. The molecule has 1 atom stereocenters. The maximum absolute atomic E-state index is 13.3. The number of nitrogens with one attached hydrogen (secondary N) is 2. The summed E-state index contributed by atoms with van der Waals surface area (Å²) >= 11 is 0. The van der Waals surface area contributed by atoms with E-state index in [2.05, 4.69) is 15.6 Å². The van der Waals surface area contributed by atoms with Crippen LogP contribution in [-0.4, -0.2) is 40.5 Å². The number of hydrogen-bond donors (Lipinski definition) is 3. The summed E-state index contributed by atoms with van der Waals surface area (Å²) in [7, 11) is 0. The van der Waals surface area contributed by atoms with Gasteiger partial charge in [-0.3, -0.25) is 9.59 Å². The molecule has 206 valence electrons. The Balaban J connectivity index is 1.47. The third-order valence-corrected chi connectivity index (χ3v) is 6.66. The molecule has 0 saturated carbocycles. The predicted octanol–water partition coefficient (Wildman–Crippen LogP) is 5.67. The number of pyridine rings is 1. The number of anilines is 2. The lowest BCUT2D eigenvalue weighted by Gasteiger charge is -2.32. The summed E-state index contributed by atoms with van der Waals surface area (Å²) in [6, 6.07) is 13.7. The van der Waals surface area contributed by atoms with Crippen LogP contribution in [0, 0.1) is 6.92 Å². The molecule has 0 unspecified atom stereocenters. The van der Waals surface area contributed by atoms with E-state index in [-0.39, 0.29) is 18.6 Å². The number of carbonyl (C=O) groups is 2. The maximum atomic E-state index is 13.3. The van der Waals surface area contributed by atoms with Crippen molar-refractivity contribution in [2.45, 2.75) is 50.7 Å². The molecule has 0 radical (unpaired) electrons. The van der Waals surface area contributed by atoms with Gasteiger partial charge in [0.25, 0.3) is 0 Å². The fourth-order valence-electron chi connectivity index (χ4n) is 4.67. The van der Waals surface area contributed by atoms with E-state index >= 15 is 0 Å². The van der Waals surface area contributed by atoms with Crippen LogP contribution in [0.2, 0.25) is 0 Å². The molecule has 10 heteroatoms. The number of nitrogens with zero attached hydrogens (tertiary/aromatic N) is 1. The molecule has 39 heavy (non-hydrogen) atoms. The number of alkyl halides is 3. The Kier molecular flexibility index (Phi) is 8.42. The number of ketones is 1. The van der Waals surface area contributed by atoms with Gasteiger partial charge in [0.1, 0.15) is 17.1 Å². The number of ether oxygens (including phenoxy) is 1. The quantitative estimate of drug-likeness (QED) is 0.284. The van der Waals surface area contributed by atoms with E-state index in [4.69, 9.17) is 4.74 Å². The minimum Gasteiger partial charge on any atom is -0.493 e. The van der Waals surface area contributed by atoms with Crippen LogP contribution in [-0.2, 0) is 28.6 Å². The molecule has 0 bridgehead atoms. The van der Waals surface area contributed by atoms with Crippen molar-refractivity contribution in [1.82, 2.24) is 4.98 Å². The van der Waals surface area contributed by atoms with Gasteiger partial charge in [-0.05, 0) is 66.8 Å². The van der Waals surface area contributed by atoms with Crippen molar-refractivity contribution >= 4 is 23.3 Å². The summed E-state index contributed by atoms with van der Waals surface area (Å²) in [6.07, 6.45) is -2.12. The Bertz CT molecular complexity index is 1330. The summed E-state index contributed by atoms with van der Waals surface area (Å²) in [5, 5.41) is 16.1. The Hall–Kier alpha value is -4.08. The first-order chi connectivity index (χ1) is 18.5. The third-order valence-electron chi connectivity index (χ3n) is 6.66. The van der Waals surface area contributed by atoms with Crippen LogP contribution in [0.4, 0.5) is 24.7 Å². The normalized spacial score (nSPS) is 17.1. The van der Waals surface area contributed by atoms with Crippen LogP contribution in [0.3, 0.4) is 0 Å². The minimum absolute atomic E-state index is 0.0700. The van der Waals surface area contributed by atoms with Gasteiger partial charge in [0, 0.05) is 37.3 Å². The van der Waals surface area contributed by atoms with Crippen LogP contribution in [0.1, 0.15) is 41.5 Å². The van der Waals surface area contributed by atoms with Gasteiger partial charge in [-0.1, -0.05) is 18.2 Å².